The quantitative estimate of drug-likeness (QED) is 0.558. The minimum atomic E-state index is -1.30. The van der Waals surface area contributed by atoms with Crippen LogP contribution in [0.1, 0.15) is 52.4 Å². The molecule has 1 spiro atoms. The number of hydrogen-bond donors (Lipinski definition) is 4. The van der Waals surface area contributed by atoms with Gasteiger partial charge in [-0.1, -0.05) is 13.5 Å². The molecule has 0 saturated heterocycles. The summed E-state index contributed by atoms with van der Waals surface area (Å²) < 4.78 is 0. The molecule has 6 heteroatoms. The third-order valence-electron chi connectivity index (χ3n) is 8.60. The van der Waals surface area contributed by atoms with Gasteiger partial charge in [0.05, 0.1) is 23.0 Å². The van der Waals surface area contributed by atoms with Gasteiger partial charge in [0, 0.05) is 0 Å². The van der Waals surface area contributed by atoms with Gasteiger partial charge in [0.25, 0.3) is 0 Å². The van der Waals surface area contributed by atoms with E-state index >= 15 is 0 Å². The van der Waals surface area contributed by atoms with E-state index in [1.807, 2.05) is 6.92 Å². The van der Waals surface area contributed by atoms with Gasteiger partial charge in [0.15, 0.2) is 0 Å². The highest BCUT2D eigenvalue weighted by atomic mass is 16.4. The molecule has 0 aliphatic heterocycles. The molecule has 4 saturated carbocycles. The predicted molar refractivity (Wildman–Crippen MR) is 92.2 cm³/mol. The summed E-state index contributed by atoms with van der Waals surface area (Å²) in [5, 5.41) is 41.7. The van der Waals surface area contributed by atoms with Crippen LogP contribution in [0.25, 0.3) is 0 Å². The number of carbonyl (C=O) groups is 2. The maximum Gasteiger partial charge on any atom is 0.309 e. The van der Waals surface area contributed by atoms with E-state index < -0.39 is 51.7 Å². The second-order valence-corrected chi connectivity index (χ2v) is 9.90. The van der Waals surface area contributed by atoms with Crippen molar-refractivity contribution in [2.75, 3.05) is 0 Å². The van der Waals surface area contributed by atoms with Gasteiger partial charge in [0.2, 0.25) is 0 Å². The van der Waals surface area contributed by atoms with E-state index in [0.717, 1.165) is 0 Å². The van der Waals surface area contributed by atoms with Crippen molar-refractivity contribution in [3.8, 4) is 0 Å². The van der Waals surface area contributed by atoms with E-state index in [1.165, 1.54) is 0 Å². The molecule has 26 heavy (non-hydrogen) atoms. The molecule has 8 atom stereocenters. The zero-order chi connectivity index (χ0) is 19.3. The summed E-state index contributed by atoms with van der Waals surface area (Å²) in [6.45, 7) is 7.61. The zero-order valence-corrected chi connectivity index (χ0v) is 15.4. The first kappa shape index (κ1) is 18.0. The Kier molecular flexibility index (Phi) is 3.39. The van der Waals surface area contributed by atoms with Crippen LogP contribution in [0.3, 0.4) is 0 Å². The van der Waals surface area contributed by atoms with Crippen molar-refractivity contribution in [2.24, 2.45) is 34.0 Å². The number of carboxylic acid groups (broad SMARTS) is 2. The maximum atomic E-state index is 12.5. The SMILES string of the molecule is C=C1CC23CC1(O)CCC2C1(C)CC(O)CC(C)(C(=O)O)C1C3C(=O)O. The largest absolute Gasteiger partial charge is 0.481 e. The number of aliphatic hydroxyl groups is 2. The summed E-state index contributed by atoms with van der Waals surface area (Å²) in [5.74, 6) is -3.48. The van der Waals surface area contributed by atoms with Gasteiger partial charge in [-0.15, -0.1) is 0 Å². The van der Waals surface area contributed by atoms with Gasteiger partial charge in [-0.25, -0.2) is 0 Å². The van der Waals surface area contributed by atoms with E-state index in [2.05, 4.69) is 6.58 Å². The van der Waals surface area contributed by atoms with E-state index in [0.29, 0.717) is 37.7 Å². The molecule has 4 N–H and O–H groups in total. The van der Waals surface area contributed by atoms with Crippen LogP contribution in [0.4, 0.5) is 0 Å². The molecular formula is C20H28O6. The molecule has 8 unspecified atom stereocenters. The standard InChI is InChI=1S/C20H28O6/c1-10-6-19-9-20(10,26)5-4-12(19)17(2)7-11(21)8-18(3,16(24)25)14(17)13(19)15(22)23/h11-14,21,26H,1,4-9H2,2-3H3,(H,22,23)(H,24,25). The van der Waals surface area contributed by atoms with Gasteiger partial charge in [0.1, 0.15) is 0 Å². The van der Waals surface area contributed by atoms with Crippen molar-refractivity contribution < 1.29 is 30.0 Å². The molecule has 4 rings (SSSR count). The Morgan fingerprint density at radius 2 is 1.85 bits per heavy atom. The minimum absolute atomic E-state index is 0.0331. The lowest BCUT2D eigenvalue weighted by molar-refractivity contribution is -0.173. The topological polar surface area (TPSA) is 115 Å². The molecule has 6 nitrogen and oxygen atoms in total. The number of rotatable bonds is 2. The minimum Gasteiger partial charge on any atom is -0.481 e. The zero-order valence-electron chi connectivity index (χ0n) is 15.4. The maximum absolute atomic E-state index is 12.5. The number of aliphatic carboxylic acids is 2. The number of carboxylic acids is 2. The van der Waals surface area contributed by atoms with Crippen LogP contribution in [0.15, 0.2) is 12.2 Å². The van der Waals surface area contributed by atoms with Crippen LogP contribution in [-0.2, 0) is 9.59 Å². The first-order valence-electron chi connectivity index (χ1n) is 9.46. The average molecular weight is 364 g/mol. The number of aliphatic hydroxyl groups excluding tert-OH is 1. The van der Waals surface area contributed by atoms with Crippen molar-refractivity contribution >= 4 is 11.9 Å². The molecular weight excluding hydrogens is 336 g/mol. The molecule has 2 bridgehead atoms. The fraction of sp³-hybridized carbons (Fsp3) is 0.800. The highest BCUT2D eigenvalue weighted by Gasteiger charge is 2.77. The highest BCUT2D eigenvalue weighted by molar-refractivity contribution is 5.79. The lowest BCUT2D eigenvalue weighted by Gasteiger charge is -2.52. The lowest BCUT2D eigenvalue weighted by Crippen LogP contribution is -2.54. The van der Waals surface area contributed by atoms with Crippen LogP contribution in [0.2, 0.25) is 0 Å². The van der Waals surface area contributed by atoms with E-state index in [9.17, 15) is 30.0 Å². The summed E-state index contributed by atoms with van der Waals surface area (Å²) in [6, 6.07) is 0. The Morgan fingerprint density at radius 1 is 1.19 bits per heavy atom. The van der Waals surface area contributed by atoms with Gasteiger partial charge < -0.3 is 20.4 Å². The van der Waals surface area contributed by atoms with Crippen LogP contribution >= 0.6 is 0 Å². The molecule has 4 aliphatic carbocycles. The van der Waals surface area contributed by atoms with Gasteiger partial charge in [-0.3, -0.25) is 9.59 Å². The Hall–Kier alpha value is -1.40. The van der Waals surface area contributed by atoms with Crippen LogP contribution in [0.5, 0.6) is 0 Å². The van der Waals surface area contributed by atoms with Crippen LogP contribution in [-0.4, -0.2) is 44.1 Å². The fourth-order valence-corrected chi connectivity index (χ4v) is 8.00. The average Bonchev–Trinajstić information content (AvgIpc) is 2.82. The molecule has 0 aromatic carbocycles. The monoisotopic (exact) mass is 364 g/mol. The van der Waals surface area contributed by atoms with E-state index in [4.69, 9.17) is 0 Å². The summed E-state index contributed by atoms with van der Waals surface area (Å²) in [5.41, 5.74) is -2.91. The summed E-state index contributed by atoms with van der Waals surface area (Å²) in [7, 11) is 0. The summed E-state index contributed by atoms with van der Waals surface area (Å²) in [4.78, 5) is 24.7. The number of hydrogen-bond acceptors (Lipinski definition) is 4. The molecule has 0 radical (unpaired) electrons. The Bertz CT molecular complexity index is 717. The van der Waals surface area contributed by atoms with Gasteiger partial charge in [-0.2, -0.15) is 0 Å². The van der Waals surface area contributed by atoms with Gasteiger partial charge in [-0.05, 0) is 73.7 Å². The Morgan fingerprint density at radius 3 is 2.42 bits per heavy atom. The summed E-state index contributed by atoms with van der Waals surface area (Å²) in [6.07, 6.45) is 1.69. The third-order valence-corrected chi connectivity index (χ3v) is 8.60. The van der Waals surface area contributed by atoms with Gasteiger partial charge >= 0.3 is 11.9 Å². The Balaban J connectivity index is 1.95. The molecule has 0 aromatic heterocycles. The second kappa shape index (κ2) is 4.90. The van der Waals surface area contributed by atoms with Crippen molar-refractivity contribution in [1.29, 1.82) is 0 Å². The number of fused-ring (bicyclic) bond motifs is 3. The van der Waals surface area contributed by atoms with Crippen LogP contribution < -0.4 is 0 Å². The lowest BCUT2D eigenvalue weighted by atomic mass is 9.52. The van der Waals surface area contributed by atoms with E-state index in [1.54, 1.807) is 6.92 Å². The molecule has 4 fully saturated rings. The fourth-order valence-electron chi connectivity index (χ4n) is 8.00. The molecule has 0 amide bonds. The molecule has 0 aromatic rings. The van der Waals surface area contributed by atoms with Crippen molar-refractivity contribution in [3.05, 3.63) is 12.2 Å². The Labute approximate surface area is 152 Å². The summed E-state index contributed by atoms with van der Waals surface area (Å²) >= 11 is 0. The third kappa shape index (κ3) is 1.84. The first-order valence-corrected chi connectivity index (χ1v) is 9.46. The molecule has 4 aliphatic rings. The normalized spacial score (nSPS) is 55.3. The molecule has 0 heterocycles. The van der Waals surface area contributed by atoms with Crippen molar-refractivity contribution in [1.82, 2.24) is 0 Å². The predicted octanol–water partition coefficient (Wildman–Crippen LogP) is 2.05. The van der Waals surface area contributed by atoms with Crippen molar-refractivity contribution in [3.63, 3.8) is 0 Å². The van der Waals surface area contributed by atoms with Crippen LogP contribution in [0, 0.1) is 34.0 Å². The first-order chi connectivity index (χ1) is 11.9. The highest BCUT2D eigenvalue weighted by Crippen LogP contribution is 2.78. The molecule has 144 valence electrons. The smallest absolute Gasteiger partial charge is 0.309 e. The van der Waals surface area contributed by atoms with E-state index in [-0.39, 0.29) is 12.3 Å². The second-order valence-electron chi connectivity index (χ2n) is 9.90. The van der Waals surface area contributed by atoms with Crippen molar-refractivity contribution in [2.45, 2.75) is 64.1 Å².